The molecule has 4 aromatic rings. The van der Waals surface area contributed by atoms with Gasteiger partial charge in [0, 0.05) is 12.7 Å². The van der Waals surface area contributed by atoms with Crippen LogP contribution >= 0.6 is 11.3 Å². The molecule has 0 spiro atoms. The van der Waals surface area contributed by atoms with E-state index in [4.69, 9.17) is 9.72 Å². The number of rotatable bonds is 7. The molecule has 8 heteroatoms. The Kier molecular flexibility index (Phi) is 7.35. The highest BCUT2D eigenvalue weighted by Gasteiger charge is 2.23. The fourth-order valence-electron chi connectivity index (χ4n) is 4.04. The number of nitrogens with one attached hydrogen (secondary N) is 1. The Hall–Kier alpha value is -3.78. The molecule has 2 aromatic carbocycles. The molecular weight excluding hydrogens is 472 g/mol. The topological polar surface area (TPSA) is 84.4 Å². The Bertz CT molecular complexity index is 1430. The number of carbonyl (C=O) groups is 2. The average molecular weight is 503 g/mol. The molecule has 0 saturated carbocycles. The van der Waals surface area contributed by atoms with E-state index in [9.17, 15) is 9.59 Å². The van der Waals surface area contributed by atoms with Crippen LogP contribution in [0.15, 0.2) is 48.5 Å². The molecule has 36 heavy (non-hydrogen) atoms. The van der Waals surface area contributed by atoms with Crippen molar-refractivity contribution in [3.8, 4) is 0 Å². The summed E-state index contributed by atoms with van der Waals surface area (Å²) in [6.45, 7) is 10.1. The van der Waals surface area contributed by atoms with Crippen LogP contribution in [0.4, 0.5) is 17.2 Å². The summed E-state index contributed by atoms with van der Waals surface area (Å²) in [5, 5.41) is 3.73. The van der Waals surface area contributed by atoms with Crippen LogP contribution in [0.3, 0.4) is 0 Å². The Labute approximate surface area is 215 Å². The van der Waals surface area contributed by atoms with E-state index in [0.29, 0.717) is 27.9 Å². The number of aryl methyl sites for hydroxylation is 2. The van der Waals surface area contributed by atoms with Gasteiger partial charge in [0.1, 0.15) is 16.5 Å². The summed E-state index contributed by atoms with van der Waals surface area (Å²) in [5.41, 5.74) is 3.78. The van der Waals surface area contributed by atoms with E-state index in [1.807, 2.05) is 25.8 Å². The predicted octanol–water partition coefficient (Wildman–Crippen LogP) is 6.63. The van der Waals surface area contributed by atoms with Gasteiger partial charge in [-0.25, -0.2) is 14.8 Å². The molecule has 1 N–H and O–H groups in total. The first-order valence-corrected chi connectivity index (χ1v) is 12.7. The van der Waals surface area contributed by atoms with Gasteiger partial charge in [-0.3, -0.25) is 4.79 Å². The fraction of sp³-hybridized carbons (Fsp3) is 0.286. The second kappa shape index (κ2) is 10.5. The van der Waals surface area contributed by atoms with E-state index in [-0.39, 0.29) is 12.5 Å². The van der Waals surface area contributed by atoms with Gasteiger partial charge in [0.25, 0.3) is 5.91 Å². The van der Waals surface area contributed by atoms with Crippen LogP contribution in [-0.2, 0) is 4.74 Å². The standard InChI is InChI=1S/C28H30N4O3S/c1-7-35-28(34)21-10-8-9-11-22(21)31-26(33)24-17(4)23-25(29-18(5)30-27(23)36-24)32(6)20-14-12-19(13-15-20)16(2)3/h8-16H,7H2,1-6H3,(H,31,33). The van der Waals surface area contributed by atoms with Crippen molar-refractivity contribution >= 4 is 50.6 Å². The van der Waals surface area contributed by atoms with Crippen LogP contribution < -0.4 is 10.2 Å². The molecule has 0 unspecified atom stereocenters. The molecule has 0 atom stereocenters. The summed E-state index contributed by atoms with van der Waals surface area (Å²) < 4.78 is 5.13. The van der Waals surface area contributed by atoms with Crippen molar-refractivity contribution in [1.82, 2.24) is 9.97 Å². The molecule has 1 amide bonds. The number of nitrogens with zero attached hydrogens (tertiary/aromatic N) is 3. The SMILES string of the molecule is CCOC(=O)c1ccccc1NC(=O)c1sc2nc(C)nc(N(C)c3ccc(C(C)C)cc3)c2c1C. The molecule has 0 aliphatic carbocycles. The van der Waals surface area contributed by atoms with Crippen molar-refractivity contribution in [3.05, 3.63) is 75.9 Å². The lowest BCUT2D eigenvalue weighted by Crippen LogP contribution is -2.16. The Morgan fingerprint density at radius 2 is 1.75 bits per heavy atom. The minimum absolute atomic E-state index is 0.255. The lowest BCUT2D eigenvalue weighted by atomic mass is 10.0. The van der Waals surface area contributed by atoms with E-state index in [1.54, 1.807) is 31.2 Å². The van der Waals surface area contributed by atoms with Gasteiger partial charge < -0.3 is 15.0 Å². The number of esters is 1. The second-order valence-electron chi connectivity index (χ2n) is 8.86. The van der Waals surface area contributed by atoms with Gasteiger partial charge in [-0.15, -0.1) is 11.3 Å². The number of aromatic nitrogens is 2. The summed E-state index contributed by atoms with van der Waals surface area (Å²) in [5.74, 6) is 1.04. The lowest BCUT2D eigenvalue weighted by molar-refractivity contribution is 0.0527. The minimum atomic E-state index is -0.477. The second-order valence-corrected chi connectivity index (χ2v) is 9.86. The van der Waals surface area contributed by atoms with Gasteiger partial charge in [0.2, 0.25) is 0 Å². The van der Waals surface area contributed by atoms with Crippen molar-refractivity contribution in [1.29, 1.82) is 0 Å². The number of hydrogen-bond acceptors (Lipinski definition) is 7. The Morgan fingerprint density at radius 1 is 1.06 bits per heavy atom. The average Bonchev–Trinajstić information content (AvgIpc) is 3.19. The van der Waals surface area contributed by atoms with Crippen molar-refractivity contribution in [2.75, 3.05) is 23.9 Å². The molecule has 4 rings (SSSR count). The maximum Gasteiger partial charge on any atom is 0.340 e. The van der Waals surface area contributed by atoms with Crippen LogP contribution in [0, 0.1) is 13.8 Å². The third-order valence-electron chi connectivity index (χ3n) is 6.02. The normalized spacial score (nSPS) is 11.1. The molecule has 0 aliphatic rings. The predicted molar refractivity (Wildman–Crippen MR) is 146 cm³/mol. The summed E-state index contributed by atoms with van der Waals surface area (Å²) in [6.07, 6.45) is 0. The van der Waals surface area contributed by atoms with Crippen LogP contribution in [0.2, 0.25) is 0 Å². The summed E-state index contributed by atoms with van der Waals surface area (Å²) in [7, 11) is 1.97. The molecule has 0 fully saturated rings. The van der Waals surface area contributed by atoms with Gasteiger partial charge in [0.05, 0.1) is 28.1 Å². The van der Waals surface area contributed by atoms with Crippen molar-refractivity contribution in [2.45, 2.75) is 40.5 Å². The zero-order valence-corrected chi connectivity index (χ0v) is 22.2. The molecule has 0 bridgehead atoms. The van der Waals surface area contributed by atoms with Gasteiger partial charge in [-0.05, 0) is 62.1 Å². The molecule has 0 radical (unpaired) electrons. The highest BCUT2D eigenvalue weighted by molar-refractivity contribution is 7.20. The fourth-order valence-corrected chi connectivity index (χ4v) is 5.16. The maximum absolute atomic E-state index is 13.4. The zero-order chi connectivity index (χ0) is 26.0. The molecular formula is C28H30N4O3S. The number of fused-ring (bicyclic) bond motifs is 1. The van der Waals surface area contributed by atoms with Crippen molar-refractivity contribution in [2.24, 2.45) is 0 Å². The highest BCUT2D eigenvalue weighted by Crippen LogP contribution is 2.38. The van der Waals surface area contributed by atoms with Crippen molar-refractivity contribution in [3.63, 3.8) is 0 Å². The largest absolute Gasteiger partial charge is 0.462 e. The van der Waals surface area contributed by atoms with E-state index in [1.165, 1.54) is 16.9 Å². The minimum Gasteiger partial charge on any atom is -0.462 e. The number of amides is 1. The zero-order valence-electron chi connectivity index (χ0n) is 21.4. The maximum atomic E-state index is 13.4. The van der Waals surface area contributed by atoms with Crippen LogP contribution in [-0.4, -0.2) is 35.5 Å². The quantitative estimate of drug-likeness (QED) is 0.286. The number of carbonyl (C=O) groups excluding carboxylic acids is 2. The third-order valence-corrected chi connectivity index (χ3v) is 7.21. The molecule has 186 valence electrons. The highest BCUT2D eigenvalue weighted by atomic mass is 32.1. The summed E-state index contributed by atoms with van der Waals surface area (Å²) >= 11 is 1.32. The number of para-hydroxylation sites is 1. The van der Waals surface area contributed by atoms with Gasteiger partial charge in [-0.1, -0.05) is 38.1 Å². The van der Waals surface area contributed by atoms with Gasteiger partial charge in [0.15, 0.2) is 0 Å². The molecule has 2 heterocycles. The first-order chi connectivity index (χ1) is 17.2. The number of thiophene rings is 1. The van der Waals surface area contributed by atoms with E-state index >= 15 is 0 Å². The van der Waals surface area contributed by atoms with E-state index < -0.39 is 5.97 Å². The summed E-state index contributed by atoms with van der Waals surface area (Å²) in [6, 6.07) is 15.3. The molecule has 0 aliphatic heterocycles. The van der Waals surface area contributed by atoms with Crippen LogP contribution in [0.1, 0.15) is 63.7 Å². The molecule has 2 aromatic heterocycles. The van der Waals surface area contributed by atoms with Gasteiger partial charge >= 0.3 is 5.97 Å². The van der Waals surface area contributed by atoms with Crippen molar-refractivity contribution < 1.29 is 14.3 Å². The number of anilines is 3. The molecule has 0 saturated heterocycles. The monoisotopic (exact) mass is 502 g/mol. The summed E-state index contributed by atoms with van der Waals surface area (Å²) in [4.78, 5) is 38.4. The van der Waals surface area contributed by atoms with E-state index in [2.05, 4.69) is 48.4 Å². The first kappa shape index (κ1) is 25.3. The smallest absolute Gasteiger partial charge is 0.340 e. The van der Waals surface area contributed by atoms with Crippen LogP contribution in [0.5, 0.6) is 0 Å². The number of hydrogen-bond donors (Lipinski definition) is 1. The molecule has 7 nitrogen and oxygen atoms in total. The van der Waals surface area contributed by atoms with Gasteiger partial charge in [-0.2, -0.15) is 0 Å². The number of ether oxygens (including phenoxy) is 1. The van der Waals surface area contributed by atoms with Crippen LogP contribution in [0.25, 0.3) is 10.2 Å². The lowest BCUT2D eigenvalue weighted by Gasteiger charge is -2.20. The Morgan fingerprint density at radius 3 is 2.42 bits per heavy atom. The first-order valence-electron chi connectivity index (χ1n) is 11.9. The Balaban J connectivity index is 1.72. The number of benzene rings is 2. The van der Waals surface area contributed by atoms with E-state index in [0.717, 1.165) is 27.3 Å². The third kappa shape index (κ3) is 4.95.